The molecule has 1 amide bonds. The molecule has 1 aromatic rings. The monoisotopic (exact) mass is 379 g/mol. The summed E-state index contributed by atoms with van der Waals surface area (Å²) in [6.45, 7) is 0.235. The summed E-state index contributed by atoms with van der Waals surface area (Å²) in [5, 5.41) is 5.87. The highest BCUT2D eigenvalue weighted by atomic mass is 32.2. The number of rotatable bonds is 7. The van der Waals surface area contributed by atoms with Gasteiger partial charge in [0.15, 0.2) is 0 Å². The van der Waals surface area contributed by atoms with Gasteiger partial charge in [0.1, 0.15) is 6.54 Å². The molecule has 1 fully saturated rings. The maximum absolute atomic E-state index is 12.1. The van der Waals surface area contributed by atoms with E-state index in [1.54, 1.807) is 0 Å². The molecule has 0 aromatic heterocycles. The van der Waals surface area contributed by atoms with E-state index in [1.165, 1.54) is 16.9 Å². The lowest BCUT2D eigenvalue weighted by Gasteiger charge is -2.11. The number of amides is 1. The first-order chi connectivity index (χ1) is 11.7. The molecule has 25 heavy (non-hydrogen) atoms. The zero-order valence-corrected chi connectivity index (χ0v) is 14.2. The Hall–Kier alpha value is -1.65. The molecule has 1 aliphatic heterocycles. The van der Waals surface area contributed by atoms with Crippen molar-refractivity contribution in [2.45, 2.75) is 30.3 Å². The summed E-state index contributed by atoms with van der Waals surface area (Å²) in [5.41, 5.74) is 0.393. The average molecular weight is 379 g/mol. The van der Waals surface area contributed by atoms with Gasteiger partial charge in [-0.3, -0.25) is 4.79 Å². The fourth-order valence-electron chi connectivity index (χ4n) is 2.50. The van der Waals surface area contributed by atoms with Gasteiger partial charge >= 0.3 is 6.18 Å². The van der Waals surface area contributed by atoms with Crippen LogP contribution in [0, 0.1) is 5.92 Å². The highest BCUT2D eigenvalue weighted by molar-refractivity contribution is 7.89. The topological polar surface area (TPSA) is 87.3 Å². The lowest BCUT2D eigenvalue weighted by Crippen LogP contribution is -2.33. The van der Waals surface area contributed by atoms with Crippen LogP contribution in [0.3, 0.4) is 0 Å². The van der Waals surface area contributed by atoms with E-state index in [2.05, 4.69) is 10.6 Å². The summed E-state index contributed by atoms with van der Waals surface area (Å²) >= 11 is 0. The Morgan fingerprint density at radius 1 is 1.24 bits per heavy atom. The highest BCUT2D eigenvalue weighted by Gasteiger charge is 2.30. The van der Waals surface area contributed by atoms with E-state index in [-0.39, 0.29) is 10.8 Å². The molecule has 2 rings (SSSR count). The molecule has 6 nitrogen and oxygen atoms in total. The Bertz CT molecular complexity index is 684. The van der Waals surface area contributed by atoms with Crippen LogP contribution < -0.4 is 15.4 Å². The third kappa shape index (κ3) is 6.63. The van der Waals surface area contributed by atoms with Crippen LogP contribution in [0.2, 0.25) is 0 Å². The largest absolute Gasteiger partial charge is 0.402 e. The van der Waals surface area contributed by atoms with E-state index < -0.39 is 22.7 Å². The number of anilines is 1. The van der Waals surface area contributed by atoms with Gasteiger partial charge in [0.2, 0.25) is 15.9 Å². The van der Waals surface area contributed by atoms with Crippen LogP contribution in [0.5, 0.6) is 0 Å². The summed E-state index contributed by atoms with van der Waals surface area (Å²) in [6.07, 6.45) is -2.45. The van der Waals surface area contributed by atoms with Crippen LogP contribution in [0.15, 0.2) is 29.2 Å². The Morgan fingerprint density at radius 2 is 1.92 bits per heavy atom. The first kappa shape index (κ1) is 19.7. The van der Waals surface area contributed by atoms with Crippen molar-refractivity contribution in [2.75, 3.05) is 25.0 Å². The summed E-state index contributed by atoms with van der Waals surface area (Å²) in [4.78, 5) is 11.6. The third-order valence-corrected chi connectivity index (χ3v) is 5.27. The van der Waals surface area contributed by atoms with Gasteiger partial charge < -0.3 is 10.6 Å². The second kappa shape index (κ2) is 8.15. The zero-order valence-electron chi connectivity index (χ0n) is 13.4. The number of nitrogens with one attached hydrogen (secondary N) is 3. The van der Waals surface area contributed by atoms with Gasteiger partial charge in [-0.25, -0.2) is 13.1 Å². The van der Waals surface area contributed by atoms with Gasteiger partial charge in [-0.05, 0) is 56.1 Å². The third-order valence-electron chi connectivity index (χ3n) is 3.85. The lowest BCUT2D eigenvalue weighted by molar-refractivity contribution is -0.121. The first-order valence-corrected chi connectivity index (χ1v) is 9.31. The van der Waals surface area contributed by atoms with Crippen LogP contribution in [-0.2, 0) is 14.8 Å². The number of carbonyl (C=O) groups is 1. The molecule has 1 atom stereocenters. The lowest BCUT2D eigenvalue weighted by atomic mass is 10.0. The maximum atomic E-state index is 12.1. The fraction of sp³-hybridized carbons (Fsp3) is 0.533. The van der Waals surface area contributed by atoms with Gasteiger partial charge in [0, 0.05) is 12.1 Å². The van der Waals surface area contributed by atoms with Crippen molar-refractivity contribution in [3.8, 4) is 0 Å². The number of alkyl halides is 3. The molecule has 1 heterocycles. The number of hydrogen-bond donors (Lipinski definition) is 3. The van der Waals surface area contributed by atoms with E-state index in [1.807, 2.05) is 0 Å². The normalized spacial score (nSPS) is 18.3. The van der Waals surface area contributed by atoms with Gasteiger partial charge in [0.05, 0.1) is 4.90 Å². The smallest absolute Gasteiger partial charge is 0.326 e. The molecule has 3 N–H and O–H groups in total. The number of sulfonamides is 1. The SMILES string of the molecule is O=C(CCC1CCNC1)Nc1ccc(S(=O)(=O)NCC(F)(F)F)cc1. The molecule has 1 aromatic carbocycles. The summed E-state index contributed by atoms with van der Waals surface area (Å²) < 4.78 is 61.3. The van der Waals surface area contributed by atoms with Crippen molar-refractivity contribution >= 4 is 21.6 Å². The van der Waals surface area contributed by atoms with Crippen molar-refractivity contribution in [2.24, 2.45) is 5.92 Å². The van der Waals surface area contributed by atoms with Gasteiger partial charge in [-0.1, -0.05) is 0 Å². The Kier molecular flexibility index (Phi) is 6.42. The van der Waals surface area contributed by atoms with Crippen LogP contribution in [0.4, 0.5) is 18.9 Å². The minimum atomic E-state index is -4.63. The van der Waals surface area contributed by atoms with Gasteiger partial charge in [-0.2, -0.15) is 13.2 Å². The summed E-state index contributed by atoms with van der Waals surface area (Å²) in [7, 11) is -4.25. The Labute approximate surface area is 144 Å². The molecule has 0 aliphatic carbocycles. The van der Waals surface area contributed by atoms with Crippen LogP contribution >= 0.6 is 0 Å². The van der Waals surface area contributed by atoms with Gasteiger partial charge in [0.25, 0.3) is 0 Å². The molecular weight excluding hydrogens is 359 g/mol. The predicted molar refractivity (Wildman–Crippen MR) is 86.5 cm³/mol. The number of carbonyl (C=O) groups excluding carboxylic acids is 1. The summed E-state index contributed by atoms with van der Waals surface area (Å²) in [5.74, 6) is 0.302. The van der Waals surface area contributed by atoms with Crippen molar-refractivity contribution in [1.82, 2.24) is 10.0 Å². The summed E-state index contributed by atoms with van der Waals surface area (Å²) in [6, 6.07) is 4.98. The van der Waals surface area contributed by atoms with Crippen molar-refractivity contribution in [1.29, 1.82) is 0 Å². The Morgan fingerprint density at radius 3 is 2.48 bits per heavy atom. The van der Waals surface area contributed by atoms with Crippen molar-refractivity contribution < 1.29 is 26.4 Å². The second-order valence-corrected chi connectivity index (χ2v) is 7.68. The van der Waals surface area contributed by atoms with E-state index >= 15 is 0 Å². The highest BCUT2D eigenvalue weighted by Crippen LogP contribution is 2.18. The number of hydrogen-bond acceptors (Lipinski definition) is 4. The molecule has 0 radical (unpaired) electrons. The zero-order chi connectivity index (χ0) is 18.5. The number of halogens is 3. The van der Waals surface area contributed by atoms with Crippen LogP contribution in [-0.4, -0.2) is 40.1 Å². The van der Waals surface area contributed by atoms with E-state index in [0.29, 0.717) is 18.0 Å². The molecule has 0 bridgehead atoms. The molecule has 0 spiro atoms. The molecule has 1 aliphatic rings. The van der Waals surface area contributed by atoms with Crippen molar-refractivity contribution in [3.05, 3.63) is 24.3 Å². The molecule has 0 saturated carbocycles. The maximum Gasteiger partial charge on any atom is 0.402 e. The van der Waals surface area contributed by atoms with Crippen LogP contribution in [0.25, 0.3) is 0 Å². The first-order valence-electron chi connectivity index (χ1n) is 7.83. The van der Waals surface area contributed by atoms with E-state index in [0.717, 1.165) is 38.1 Å². The van der Waals surface area contributed by atoms with E-state index in [9.17, 15) is 26.4 Å². The average Bonchev–Trinajstić information content (AvgIpc) is 3.05. The minimum absolute atomic E-state index is 0.183. The molecule has 1 unspecified atom stereocenters. The Balaban J connectivity index is 1.87. The minimum Gasteiger partial charge on any atom is -0.326 e. The molecule has 1 saturated heterocycles. The fourth-order valence-corrected chi connectivity index (χ4v) is 3.51. The second-order valence-electron chi connectivity index (χ2n) is 5.91. The molecular formula is C15H20F3N3O3S. The molecule has 10 heteroatoms. The van der Waals surface area contributed by atoms with E-state index in [4.69, 9.17) is 0 Å². The van der Waals surface area contributed by atoms with Gasteiger partial charge in [-0.15, -0.1) is 0 Å². The quantitative estimate of drug-likeness (QED) is 0.675. The van der Waals surface area contributed by atoms with Crippen LogP contribution in [0.1, 0.15) is 19.3 Å². The van der Waals surface area contributed by atoms with Crippen molar-refractivity contribution in [3.63, 3.8) is 0 Å². The molecule has 140 valence electrons. The standard InChI is InChI=1S/C15H20F3N3O3S/c16-15(17,18)10-20-25(23,24)13-4-2-12(3-5-13)21-14(22)6-1-11-7-8-19-9-11/h2-5,11,19-20H,1,6-10H2,(H,21,22). The number of benzene rings is 1. The predicted octanol–water partition coefficient (Wildman–Crippen LogP) is 1.86.